The lowest BCUT2D eigenvalue weighted by Gasteiger charge is -2.25. The van der Waals surface area contributed by atoms with Gasteiger partial charge in [0, 0.05) is 19.5 Å². The molecule has 1 N–H and O–H groups in total. The zero-order chi connectivity index (χ0) is 25.0. The van der Waals surface area contributed by atoms with Crippen molar-refractivity contribution in [3.63, 3.8) is 0 Å². The third-order valence-electron chi connectivity index (χ3n) is 4.79. The summed E-state index contributed by atoms with van der Waals surface area (Å²) >= 11 is 0. The van der Waals surface area contributed by atoms with Crippen LogP contribution in [0.1, 0.15) is 44.1 Å². The summed E-state index contributed by atoms with van der Waals surface area (Å²) < 4.78 is 69.9. The molecule has 2 unspecified atom stereocenters. The number of hydrogen-bond donors (Lipinski definition) is 1. The first-order valence-corrected chi connectivity index (χ1v) is 11.9. The maximum absolute atomic E-state index is 14.6. The maximum atomic E-state index is 14.6. The molecule has 0 saturated carbocycles. The van der Waals surface area contributed by atoms with Crippen LogP contribution in [0.25, 0.3) is 5.69 Å². The molecule has 2 heterocycles. The first kappa shape index (κ1) is 25.6. The molecule has 0 bridgehead atoms. The van der Waals surface area contributed by atoms with Crippen molar-refractivity contribution in [1.82, 2.24) is 24.7 Å². The number of aromatic nitrogens is 5. The molecule has 34 heavy (non-hydrogen) atoms. The number of rotatable bonds is 10. The lowest BCUT2D eigenvalue weighted by Crippen LogP contribution is -2.35. The van der Waals surface area contributed by atoms with Crippen LogP contribution in [0.3, 0.4) is 0 Å². The van der Waals surface area contributed by atoms with Gasteiger partial charge in [0.15, 0.2) is 11.6 Å². The SMILES string of the molecule is COCc1nnc(NS(=O)(=O)C(C)C(OC(C)C)c2ncc(C)cn2)n1-c1c(F)cccc1F. The topological polar surface area (TPSA) is 121 Å². The standard InChI is InChI=1S/C21H26F2N6O4S/c1-12(2)33-19(20-24-9-13(3)10-25-20)14(4)34(30,31)28-21-27-26-17(11-32-5)29(21)18-15(22)7-6-8-16(18)23/h6-10,12,14,19H,11H2,1-5H3,(H,27,28). The number of nitrogens with zero attached hydrogens (tertiary/aromatic N) is 5. The Morgan fingerprint density at radius 1 is 1.09 bits per heavy atom. The third-order valence-corrected chi connectivity index (χ3v) is 6.48. The number of anilines is 1. The van der Waals surface area contributed by atoms with E-state index in [0.29, 0.717) is 0 Å². The molecule has 0 amide bonds. The fourth-order valence-corrected chi connectivity index (χ4v) is 4.23. The average molecular weight is 497 g/mol. The minimum absolute atomic E-state index is 0.00583. The van der Waals surface area contributed by atoms with E-state index in [2.05, 4.69) is 24.9 Å². The molecule has 0 spiro atoms. The lowest BCUT2D eigenvalue weighted by atomic mass is 10.2. The molecule has 0 aliphatic heterocycles. The largest absolute Gasteiger partial charge is 0.377 e. The van der Waals surface area contributed by atoms with Gasteiger partial charge in [-0.05, 0) is 45.4 Å². The normalized spacial score (nSPS) is 13.8. The van der Waals surface area contributed by atoms with Gasteiger partial charge in [0.25, 0.3) is 0 Å². The number of benzene rings is 1. The van der Waals surface area contributed by atoms with E-state index >= 15 is 0 Å². The summed E-state index contributed by atoms with van der Waals surface area (Å²) in [6, 6.07) is 3.27. The fourth-order valence-electron chi connectivity index (χ4n) is 3.15. The van der Waals surface area contributed by atoms with Gasteiger partial charge in [0.2, 0.25) is 16.0 Å². The summed E-state index contributed by atoms with van der Waals surface area (Å²) in [4.78, 5) is 8.43. The predicted molar refractivity (Wildman–Crippen MR) is 120 cm³/mol. The van der Waals surface area contributed by atoms with E-state index in [0.717, 1.165) is 22.3 Å². The first-order chi connectivity index (χ1) is 16.0. The molecule has 13 heteroatoms. The van der Waals surface area contributed by atoms with Gasteiger partial charge >= 0.3 is 0 Å². The molecule has 2 aromatic heterocycles. The number of sulfonamides is 1. The molecule has 0 saturated heterocycles. The Labute approximate surface area is 196 Å². The van der Waals surface area contributed by atoms with Crippen LogP contribution in [0.4, 0.5) is 14.7 Å². The Morgan fingerprint density at radius 2 is 1.71 bits per heavy atom. The average Bonchev–Trinajstić information content (AvgIpc) is 3.13. The van der Waals surface area contributed by atoms with E-state index in [4.69, 9.17) is 9.47 Å². The van der Waals surface area contributed by atoms with Crippen LogP contribution in [0, 0.1) is 18.6 Å². The third kappa shape index (κ3) is 5.54. The van der Waals surface area contributed by atoms with Crippen LogP contribution >= 0.6 is 0 Å². The lowest BCUT2D eigenvalue weighted by molar-refractivity contribution is 0.00152. The van der Waals surface area contributed by atoms with E-state index in [1.165, 1.54) is 20.1 Å². The second kappa shape index (κ2) is 10.5. The monoisotopic (exact) mass is 496 g/mol. The Morgan fingerprint density at radius 3 is 2.26 bits per heavy atom. The minimum Gasteiger partial charge on any atom is -0.377 e. The molecule has 10 nitrogen and oxygen atoms in total. The highest BCUT2D eigenvalue weighted by Gasteiger charge is 2.36. The molecule has 2 atom stereocenters. The highest BCUT2D eigenvalue weighted by molar-refractivity contribution is 7.93. The van der Waals surface area contributed by atoms with Crippen LogP contribution in [-0.4, -0.2) is 51.6 Å². The molecule has 0 aliphatic rings. The quantitative estimate of drug-likeness (QED) is 0.455. The molecule has 0 aliphatic carbocycles. The highest BCUT2D eigenvalue weighted by Crippen LogP contribution is 2.28. The van der Waals surface area contributed by atoms with Gasteiger partial charge in [-0.1, -0.05) is 6.07 Å². The van der Waals surface area contributed by atoms with Gasteiger partial charge < -0.3 is 9.47 Å². The number of nitrogens with one attached hydrogen (secondary N) is 1. The minimum atomic E-state index is -4.24. The second-order valence-electron chi connectivity index (χ2n) is 7.85. The summed E-state index contributed by atoms with van der Waals surface area (Å²) in [6.45, 7) is 6.55. The number of methoxy groups -OCH3 is 1. The molecule has 0 radical (unpaired) electrons. The van der Waals surface area contributed by atoms with E-state index in [1.807, 2.05) is 0 Å². The Kier molecular flexibility index (Phi) is 7.89. The molecular formula is C21H26F2N6O4S. The van der Waals surface area contributed by atoms with Crippen LogP contribution < -0.4 is 4.72 Å². The van der Waals surface area contributed by atoms with Crippen molar-refractivity contribution in [2.45, 2.75) is 51.8 Å². The Bertz CT molecular complexity index is 1210. The van der Waals surface area contributed by atoms with Gasteiger partial charge in [-0.3, -0.25) is 9.29 Å². The molecule has 0 fully saturated rings. The molecular weight excluding hydrogens is 470 g/mol. The smallest absolute Gasteiger partial charge is 0.243 e. The fraction of sp³-hybridized carbons (Fsp3) is 0.429. The summed E-state index contributed by atoms with van der Waals surface area (Å²) in [5, 5.41) is 6.43. The van der Waals surface area contributed by atoms with Crippen LogP contribution in [0.15, 0.2) is 30.6 Å². The van der Waals surface area contributed by atoms with Gasteiger partial charge in [0.1, 0.15) is 35.3 Å². The van der Waals surface area contributed by atoms with Crippen molar-refractivity contribution in [2.24, 2.45) is 0 Å². The van der Waals surface area contributed by atoms with Crippen molar-refractivity contribution >= 4 is 16.0 Å². The molecule has 3 rings (SSSR count). The number of ether oxygens (including phenoxy) is 2. The van der Waals surface area contributed by atoms with Crippen LogP contribution in [-0.2, 0) is 26.1 Å². The molecule has 3 aromatic rings. The van der Waals surface area contributed by atoms with E-state index in [9.17, 15) is 17.2 Å². The number of hydrogen-bond acceptors (Lipinski definition) is 8. The number of halogens is 2. The van der Waals surface area contributed by atoms with Gasteiger partial charge in [-0.2, -0.15) is 0 Å². The highest BCUT2D eigenvalue weighted by atomic mass is 32.2. The molecule has 184 valence electrons. The van der Waals surface area contributed by atoms with Gasteiger partial charge in [-0.25, -0.2) is 27.2 Å². The Balaban J connectivity index is 2.03. The van der Waals surface area contributed by atoms with Crippen molar-refractivity contribution in [3.05, 3.63) is 59.4 Å². The summed E-state index contributed by atoms with van der Waals surface area (Å²) in [5.41, 5.74) is 0.258. The predicted octanol–water partition coefficient (Wildman–Crippen LogP) is 3.09. The van der Waals surface area contributed by atoms with E-state index < -0.39 is 44.6 Å². The number of para-hydroxylation sites is 1. The first-order valence-electron chi connectivity index (χ1n) is 10.4. The maximum Gasteiger partial charge on any atom is 0.243 e. The Hall–Kier alpha value is -3.03. The van der Waals surface area contributed by atoms with Crippen molar-refractivity contribution in [3.8, 4) is 5.69 Å². The zero-order valence-electron chi connectivity index (χ0n) is 19.4. The van der Waals surface area contributed by atoms with Gasteiger partial charge in [0.05, 0.1) is 6.10 Å². The second-order valence-corrected chi connectivity index (χ2v) is 9.89. The zero-order valence-corrected chi connectivity index (χ0v) is 20.2. The van der Waals surface area contributed by atoms with Crippen molar-refractivity contribution in [1.29, 1.82) is 0 Å². The number of aryl methyl sites for hydroxylation is 1. The van der Waals surface area contributed by atoms with Gasteiger partial charge in [-0.15, -0.1) is 10.2 Å². The summed E-state index contributed by atoms with van der Waals surface area (Å²) in [6.07, 6.45) is 1.75. The van der Waals surface area contributed by atoms with E-state index in [1.54, 1.807) is 33.2 Å². The summed E-state index contributed by atoms with van der Waals surface area (Å²) in [5.74, 6) is -2.09. The van der Waals surface area contributed by atoms with Crippen LogP contribution in [0.5, 0.6) is 0 Å². The van der Waals surface area contributed by atoms with Crippen molar-refractivity contribution < 1.29 is 26.7 Å². The van der Waals surface area contributed by atoms with E-state index in [-0.39, 0.29) is 24.4 Å². The van der Waals surface area contributed by atoms with Crippen LogP contribution in [0.2, 0.25) is 0 Å². The van der Waals surface area contributed by atoms with Crippen molar-refractivity contribution in [2.75, 3.05) is 11.8 Å². The summed E-state index contributed by atoms with van der Waals surface area (Å²) in [7, 11) is -2.88. The molecule has 1 aromatic carbocycles.